The fourth-order valence-electron chi connectivity index (χ4n) is 4.85. The predicted molar refractivity (Wildman–Crippen MR) is 99.1 cm³/mol. The van der Waals surface area contributed by atoms with Crippen molar-refractivity contribution >= 4 is 15.8 Å². The van der Waals surface area contributed by atoms with Crippen molar-refractivity contribution in [1.29, 1.82) is 0 Å². The van der Waals surface area contributed by atoms with Crippen molar-refractivity contribution in [3.63, 3.8) is 0 Å². The van der Waals surface area contributed by atoms with Gasteiger partial charge in [0, 0.05) is 26.7 Å². The predicted octanol–water partition coefficient (Wildman–Crippen LogP) is 2.58. The highest BCUT2D eigenvalue weighted by Crippen LogP contribution is 2.39. The Morgan fingerprint density at radius 3 is 2.33 bits per heavy atom. The monoisotopic (exact) mass is 355 g/mol. The van der Waals surface area contributed by atoms with Crippen LogP contribution in [0.2, 0.25) is 0 Å². The number of sulfone groups is 1. The van der Waals surface area contributed by atoms with Gasteiger partial charge in [0.15, 0.2) is 15.8 Å². The van der Waals surface area contributed by atoms with Gasteiger partial charge in [-0.05, 0) is 31.1 Å². The van der Waals surface area contributed by atoms with E-state index in [9.17, 15) is 8.42 Å². The number of rotatable bonds is 2. The molecular weight excluding hydrogens is 322 g/mol. The zero-order valence-corrected chi connectivity index (χ0v) is 16.1. The van der Waals surface area contributed by atoms with Crippen molar-refractivity contribution in [1.82, 2.24) is 10.2 Å². The summed E-state index contributed by atoms with van der Waals surface area (Å²) in [5.41, 5.74) is 0.361. The maximum Gasteiger partial charge on any atom is 0.193 e. The van der Waals surface area contributed by atoms with Crippen LogP contribution in [0.4, 0.5) is 0 Å². The first-order valence-electron chi connectivity index (χ1n) is 9.58. The molecule has 0 aromatic heterocycles. The van der Waals surface area contributed by atoms with Gasteiger partial charge >= 0.3 is 0 Å². The average Bonchev–Trinajstić information content (AvgIpc) is 2.99. The molecule has 6 heteroatoms. The Balaban J connectivity index is 1.69. The molecule has 1 saturated heterocycles. The Bertz CT molecular complexity index is 573. The molecule has 1 N–H and O–H groups in total. The van der Waals surface area contributed by atoms with Gasteiger partial charge in [0.1, 0.15) is 0 Å². The molecule has 3 rings (SSSR count). The minimum Gasteiger partial charge on any atom is -0.356 e. The minimum absolute atomic E-state index is 0.269. The van der Waals surface area contributed by atoms with Crippen LogP contribution in [0.5, 0.6) is 0 Å². The fourth-order valence-corrected chi connectivity index (χ4v) is 7.01. The molecule has 0 radical (unpaired) electrons. The first-order chi connectivity index (χ1) is 11.4. The zero-order valence-electron chi connectivity index (χ0n) is 15.3. The summed E-state index contributed by atoms with van der Waals surface area (Å²) in [5.74, 6) is 1.16. The molecule has 2 aliphatic carbocycles. The molecule has 0 bridgehead atoms. The Labute approximate surface area is 147 Å². The minimum atomic E-state index is -2.99. The molecule has 2 saturated carbocycles. The summed E-state index contributed by atoms with van der Waals surface area (Å²) in [6.45, 7) is 4.48. The van der Waals surface area contributed by atoms with Gasteiger partial charge in [0.05, 0.1) is 10.5 Å². The number of nitrogens with one attached hydrogen (secondary N) is 1. The lowest BCUT2D eigenvalue weighted by atomic mass is 9.87. The number of nitrogens with zero attached hydrogens (tertiary/aromatic N) is 2. The average molecular weight is 356 g/mol. The van der Waals surface area contributed by atoms with E-state index in [4.69, 9.17) is 0 Å². The van der Waals surface area contributed by atoms with E-state index in [0.29, 0.717) is 18.5 Å². The molecule has 0 unspecified atom stereocenters. The van der Waals surface area contributed by atoms with Gasteiger partial charge in [0.25, 0.3) is 0 Å². The first kappa shape index (κ1) is 18.0. The number of aliphatic imine (C=N–C) groups is 1. The lowest BCUT2D eigenvalue weighted by molar-refractivity contribution is 0.267. The van der Waals surface area contributed by atoms with Gasteiger partial charge in [-0.15, -0.1) is 0 Å². The summed E-state index contributed by atoms with van der Waals surface area (Å²) < 4.78 is 25.0. The summed E-state index contributed by atoms with van der Waals surface area (Å²) in [7, 11) is -1.17. The summed E-state index contributed by atoms with van der Waals surface area (Å²) in [6, 6.07) is 0. The second-order valence-electron chi connectivity index (χ2n) is 8.40. The van der Waals surface area contributed by atoms with Crippen LogP contribution < -0.4 is 5.32 Å². The lowest BCUT2D eigenvalue weighted by Gasteiger charge is -2.45. The van der Waals surface area contributed by atoms with Crippen LogP contribution in [0, 0.1) is 5.41 Å². The van der Waals surface area contributed by atoms with E-state index < -0.39 is 14.6 Å². The summed E-state index contributed by atoms with van der Waals surface area (Å²) >= 11 is 0. The standard InChI is InChI=1S/C18H33N3O2S/c1-17(8-6-7-9-17)14-20-16(19-2)21-12-13-24(22,23)18(15-21)10-4-3-5-11-18/h3-15H2,1-2H3,(H,19,20). The van der Waals surface area contributed by atoms with E-state index >= 15 is 0 Å². The number of hydrogen-bond acceptors (Lipinski definition) is 3. The normalized spacial score (nSPS) is 28.9. The maximum atomic E-state index is 12.7. The van der Waals surface area contributed by atoms with Crippen molar-refractivity contribution < 1.29 is 8.42 Å². The SMILES string of the molecule is CN=C(NCC1(C)CCCC1)N1CCS(=O)(=O)C2(CCCCC2)C1. The van der Waals surface area contributed by atoms with Crippen LogP contribution in [-0.4, -0.2) is 56.5 Å². The molecule has 0 atom stereocenters. The molecule has 1 heterocycles. The van der Waals surface area contributed by atoms with Crippen LogP contribution in [0.15, 0.2) is 4.99 Å². The van der Waals surface area contributed by atoms with Crippen LogP contribution in [0.25, 0.3) is 0 Å². The maximum absolute atomic E-state index is 12.7. The molecular formula is C18H33N3O2S. The Morgan fingerprint density at radius 1 is 1.08 bits per heavy atom. The van der Waals surface area contributed by atoms with E-state index in [0.717, 1.165) is 38.2 Å². The van der Waals surface area contributed by atoms with Crippen LogP contribution in [0.1, 0.15) is 64.7 Å². The van der Waals surface area contributed by atoms with Gasteiger partial charge in [-0.2, -0.15) is 0 Å². The van der Waals surface area contributed by atoms with Crippen molar-refractivity contribution in [3.05, 3.63) is 0 Å². The van der Waals surface area contributed by atoms with Crippen LogP contribution >= 0.6 is 0 Å². The topological polar surface area (TPSA) is 61.8 Å². The first-order valence-corrected chi connectivity index (χ1v) is 11.2. The third-order valence-electron chi connectivity index (χ3n) is 6.53. The molecule has 0 aromatic carbocycles. The fraction of sp³-hybridized carbons (Fsp3) is 0.944. The zero-order chi connectivity index (χ0) is 17.3. The summed E-state index contributed by atoms with van der Waals surface area (Å²) in [4.78, 5) is 6.67. The molecule has 0 aromatic rings. The largest absolute Gasteiger partial charge is 0.356 e. The molecule has 5 nitrogen and oxygen atoms in total. The summed E-state index contributed by atoms with van der Waals surface area (Å²) in [5, 5.41) is 3.55. The molecule has 24 heavy (non-hydrogen) atoms. The highest BCUT2D eigenvalue weighted by Gasteiger charge is 2.48. The van der Waals surface area contributed by atoms with Crippen LogP contribution in [0.3, 0.4) is 0 Å². The van der Waals surface area contributed by atoms with Gasteiger partial charge < -0.3 is 10.2 Å². The second-order valence-corrected chi connectivity index (χ2v) is 10.9. The molecule has 3 aliphatic rings. The Hall–Kier alpha value is -0.780. The number of guanidine groups is 1. The van der Waals surface area contributed by atoms with E-state index in [1.807, 2.05) is 7.05 Å². The molecule has 1 aliphatic heterocycles. The van der Waals surface area contributed by atoms with Crippen molar-refractivity contribution in [2.75, 3.05) is 32.4 Å². The van der Waals surface area contributed by atoms with Gasteiger partial charge in [-0.3, -0.25) is 4.99 Å². The van der Waals surface area contributed by atoms with E-state index in [1.165, 1.54) is 32.1 Å². The van der Waals surface area contributed by atoms with E-state index in [1.54, 1.807) is 0 Å². The third-order valence-corrected chi connectivity index (χ3v) is 9.11. The number of hydrogen-bond donors (Lipinski definition) is 1. The van der Waals surface area contributed by atoms with Gasteiger partial charge in [0.2, 0.25) is 0 Å². The van der Waals surface area contributed by atoms with E-state index in [-0.39, 0.29) is 5.75 Å². The Kier molecular flexibility index (Phi) is 5.14. The molecule has 0 amide bonds. The summed E-state index contributed by atoms with van der Waals surface area (Å²) in [6.07, 6.45) is 10.1. The van der Waals surface area contributed by atoms with Gasteiger partial charge in [-0.1, -0.05) is 39.0 Å². The highest BCUT2D eigenvalue weighted by atomic mass is 32.2. The molecule has 1 spiro atoms. The van der Waals surface area contributed by atoms with Crippen molar-refractivity contribution in [3.8, 4) is 0 Å². The van der Waals surface area contributed by atoms with Crippen molar-refractivity contribution in [2.24, 2.45) is 10.4 Å². The third kappa shape index (κ3) is 3.44. The van der Waals surface area contributed by atoms with Gasteiger partial charge in [-0.25, -0.2) is 8.42 Å². The smallest absolute Gasteiger partial charge is 0.193 e. The lowest BCUT2D eigenvalue weighted by Crippen LogP contribution is -2.60. The van der Waals surface area contributed by atoms with Crippen LogP contribution in [-0.2, 0) is 9.84 Å². The second kappa shape index (κ2) is 6.85. The molecule has 3 fully saturated rings. The quantitative estimate of drug-likeness (QED) is 0.611. The molecule has 138 valence electrons. The Morgan fingerprint density at radius 2 is 1.71 bits per heavy atom. The van der Waals surface area contributed by atoms with E-state index in [2.05, 4.69) is 22.1 Å². The highest BCUT2D eigenvalue weighted by molar-refractivity contribution is 7.92. The van der Waals surface area contributed by atoms with Crippen molar-refractivity contribution in [2.45, 2.75) is 69.5 Å².